The largest absolute Gasteiger partial charge is 0.467 e. The molecule has 0 aliphatic carbocycles. The minimum atomic E-state index is -4.32. The molecule has 2 N–H and O–H groups in total. The van der Waals surface area contributed by atoms with Crippen LogP contribution in [0.3, 0.4) is 0 Å². The van der Waals surface area contributed by atoms with E-state index in [2.05, 4.69) is 5.32 Å². The predicted octanol–water partition coefficient (Wildman–Crippen LogP) is 3.75. The molecule has 0 radical (unpaired) electrons. The number of hydrogen-bond donors (Lipinski definition) is 2. The van der Waals surface area contributed by atoms with E-state index in [0.717, 1.165) is 33.3 Å². The molecule has 0 bridgehead atoms. The van der Waals surface area contributed by atoms with Gasteiger partial charge in [-0.05, 0) is 54.3 Å². The second-order valence-corrected chi connectivity index (χ2v) is 15.3. The van der Waals surface area contributed by atoms with Crippen molar-refractivity contribution in [1.29, 1.82) is 0 Å². The van der Waals surface area contributed by atoms with Gasteiger partial charge in [-0.3, -0.25) is 9.59 Å². The van der Waals surface area contributed by atoms with Crippen LogP contribution in [0.5, 0.6) is 0 Å². The number of ether oxygens (including phenoxy) is 3. The van der Waals surface area contributed by atoms with Crippen molar-refractivity contribution in [2.45, 2.75) is 62.1 Å². The van der Waals surface area contributed by atoms with Crippen molar-refractivity contribution < 1.29 is 42.1 Å². The fourth-order valence-corrected chi connectivity index (χ4v) is 8.82. The Bertz CT molecular complexity index is 2020. The number of fused-ring (bicyclic) bond motifs is 1. The first-order valence-corrected chi connectivity index (χ1v) is 19.1. The zero-order valence-electron chi connectivity index (χ0n) is 30.0. The monoisotopic (exact) mass is 743 g/mol. The van der Waals surface area contributed by atoms with Crippen LogP contribution < -0.4 is 5.32 Å². The number of sulfonamides is 1. The maximum absolute atomic E-state index is 14.3. The highest BCUT2D eigenvalue weighted by Gasteiger charge is 2.53. The number of methoxy groups -OCH3 is 1. The second kappa shape index (κ2) is 16.6. The normalized spacial score (nSPS) is 21.1. The van der Waals surface area contributed by atoms with Gasteiger partial charge in [0.05, 0.1) is 37.2 Å². The van der Waals surface area contributed by atoms with Crippen LogP contribution in [0.15, 0.2) is 102 Å². The number of nitrogens with one attached hydrogen (secondary N) is 1. The molecule has 2 saturated heterocycles. The highest BCUT2D eigenvalue weighted by Crippen LogP contribution is 2.40. The van der Waals surface area contributed by atoms with Crippen LogP contribution in [0.1, 0.15) is 36.1 Å². The maximum Gasteiger partial charge on any atom is 0.331 e. The Morgan fingerprint density at radius 2 is 1.58 bits per heavy atom. The molecule has 280 valence electrons. The summed E-state index contributed by atoms with van der Waals surface area (Å²) >= 11 is 0. The summed E-state index contributed by atoms with van der Waals surface area (Å²) in [6.45, 7) is 5.04. The number of rotatable bonds is 12. The zero-order valence-corrected chi connectivity index (χ0v) is 30.8. The molecule has 6 atom stereocenters. The third kappa shape index (κ3) is 8.29. The van der Waals surface area contributed by atoms with E-state index in [1.165, 1.54) is 12.1 Å². The van der Waals surface area contributed by atoms with Crippen LogP contribution in [0, 0.1) is 12.8 Å². The van der Waals surface area contributed by atoms with Crippen molar-refractivity contribution in [3.8, 4) is 0 Å². The molecule has 6 rings (SSSR count). The summed E-state index contributed by atoms with van der Waals surface area (Å²) in [5.41, 5.74) is 2.34. The number of aliphatic hydroxyl groups is 1. The quantitative estimate of drug-likeness (QED) is 0.207. The van der Waals surface area contributed by atoms with Gasteiger partial charge in [-0.25, -0.2) is 13.2 Å². The number of amides is 2. The smallest absolute Gasteiger partial charge is 0.331 e. The lowest BCUT2D eigenvalue weighted by molar-refractivity contribution is -0.155. The molecule has 0 aromatic heterocycles. The van der Waals surface area contributed by atoms with Crippen LogP contribution in [-0.2, 0) is 45.0 Å². The molecule has 4 aromatic carbocycles. The molecule has 0 saturated carbocycles. The molecular weight excluding hydrogens is 699 g/mol. The Morgan fingerprint density at radius 1 is 0.925 bits per heavy atom. The number of aliphatic hydroxyl groups excluding tert-OH is 1. The van der Waals surface area contributed by atoms with Gasteiger partial charge < -0.3 is 29.5 Å². The molecule has 2 heterocycles. The molecule has 13 heteroatoms. The predicted molar refractivity (Wildman–Crippen MR) is 197 cm³/mol. The summed E-state index contributed by atoms with van der Waals surface area (Å²) in [5.74, 6) is -2.92. The Labute approximate surface area is 309 Å². The first-order chi connectivity index (χ1) is 25.5. The second-order valence-electron chi connectivity index (χ2n) is 13.5. The Kier molecular flexibility index (Phi) is 11.9. The van der Waals surface area contributed by atoms with Crippen molar-refractivity contribution in [2.24, 2.45) is 5.92 Å². The van der Waals surface area contributed by atoms with E-state index in [-0.39, 0.29) is 23.6 Å². The molecule has 2 fully saturated rings. The Balaban J connectivity index is 1.34. The van der Waals surface area contributed by atoms with Crippen molar-refractivity contribution >= 4 is 38.6 Å². The summed E-state index contributed by atoms with van der Waals surface area (Å²) in [6.07, 6.45) is -4.39. The number of morpholine rings is 1. The van der Waals surface area contributed by atoms with E-state index in [0.29, 0.717) is 31.9 Å². The summed E-state index contributed by atoms with van der Waals surface area (Å²) in [5, 5.41) is 16.5. The molecule has 2 aliphatic rings. The fourth-order valence-electron chi connectivity index (χ4n) is 7.10. The van der Waals surface area contributed by atoms with Gasteiger partial charge in [0.25, 0.3) is 0 Å². The highest BCUT2D eigenvalue weighted by molar-refractivity contribution is 7.89. The van der Waals surface area contributed by atoms with E-state index in [9.17, 15) is 27.9 Å². The summed E-state index contributed by atoms with van der Waals surface area (Å²) in [6, 6.07) is 26.1. The van der Waals surface area contributed by atoms with E-state index in [1.807, 2.05) is 55.5 Å². The molecule has 4 aromatic rings. The summed E-state index contributed by atoms with van der Waals surface area (Å²) < 4.78 is 46.5. The van der Waals surface area contributed by atoms with Gasteiger partial charge in [-0.15, -0.1) is 0 Å². The van der Waals surface area contributed by atoms with Gasteiger partial charge in [0, 0.05) is 19.5 Å². The molecule has 0 unspecified atom stereocenters. The summed E-state index contributed by atoms with van der Waals surface area (Å²) in [7, 11) is -3.21. The molecule has 53 heavy (non-hydrogen) atoms. The van der Waals surface area contributed by atoms with Crippen molar-refractivity contribution in [2.75, 3.05) is 33.4 Å². The van der Waals surface area contributed by atoms with Gasteiger partial charge in [-0.2, -0.15) is 4.31 Å². The molecular formula is C40H45N3O9S. The van der Waals surface area contributed by atoms with Gasteiger partial charge in [-0.1, -0.05) is 90.5 Å². The van der Waals surface area contributed by atoms with Crippen molar-refractivity contribution in [1.82, 2.24) is 14.5 Å². The number of carbonyl (C=O) groups is 3. The van der Waals surface area contributed by atoms with Gasteiger partial charge in [0.2, 0.25) is 21.8 Å². The SMILES string of the molecule is COC(=O)[C@H](NC(=O)[C@@H](CC(=O)N1CCOCC1)Cc1cccc2ccccc12)[C@H](O)[C@@H]1O[C@H](c2ccccc2)[C@H](C)N1S(=O)(=O)c1ccc(C)cc1. The number of carbonyl (C=O) groups excluding carboxylic acids is 3. The Hall–Kier alpha value is -4.66. The third-order valence-corrected chi connectivity index (χ3v) is 12.0. The van der Waals surface area contributed by atoms with Gasteiger partial charge in [0.1, 0.15) is 12.2 Å². The number of benzene rings is 4. The fraction of sp³-hybridized carbons (Fsp3) is 0.375. The average Bonchev–Trinajstić information content (AvgIpc) is 3.54. The van der Waals surface area contributed by atoms with Crippen molar-refractivity contribution in [3.05, 3.63) is 114 Å². The minimum absolute atomic E-state index is 0.0279. The first kappa shape index (κ1) is 38.1. The number of esters is 1. The van der Waals surface area contributed by atoms with E-state index >= 15 is 0 Å². The number of hydrogen-bond acceptors (Lipinski definition) is 9. The molecule has 2 amide bonds. The lowest BCUT2D eigenvalue weighted by atomic mass is 9.91. The summed E-state index contributed by atoms with van der Waals surface area (Å²) in [4.78, 5) is 43.0. The molecule has 0 spiro atoms. The van der Waals surface area contributed by atoms with E-state index in [4.69, 9.17) is 14.2 Å². The van der Waals surface area contributed by atoms with Crippen molar-refractivity contribution in [3.63, 3.8) is 0 Å². The zero-order chi connectivity index (χ0) is 37.7. The van der Waals surface area contributed by atoms with Gasteiger partial charge >= 0.3 is 5.97 Å². The standard InChI is InChI=1S/C40H45N3O9S/c1-26-16-18-32(19-17-26)53(48,49)43-27(2)37(29-11-5-4-6-12-29)52-39(43)36(45)35(40(47)50-3)41-38(46)31(25-34(44)42-20-22-51-23-21-42)24-30-14-9-13-28-10-7-8-15-33(28)30/h4-19,27,31,35-37,39,45H,20-25H2,1-3H3,(H,41,46)/t27-,31+,35+,36-,37-,39-/m0/s1. The van der Waals surface area contributed by atoms with Crippen LogP contribution in [0.2, 0.25) is 0 Å². The van der Waals surface area contributed by atoms with Gasteiger partial charge in [0.15, 0.2) is 12.3 Å². The number of nitrogens with zero attached hydrogens (tertiary/aromatic N) is 2. The molecule has 12 nitrogen and oxygen atoms in total. The van der Waals surface area contributed by atoms with Crippen LogP contribution in [0.25, 0.3) is 10.8 Å². The van der Waals surface area contributed by atoms with E-state index in [1.54, 1.807) is 48.2 Å². The minimum Gasteiger partial charge on any atom is -0.467 e. The number of aryl methyl sites for hydroxylation is 1. The third-order valence-electron chi connectivity index (χ3n) is 9.99. The topological polar surface area (TPSA) is 152 Å². The van der Waals surface area contributed by atoms with Crippen LogP contribution in [-0.4, -0.2) is 98.3 Å². The van der Waals surface area contributed by atoms with E-state index < -0.39 is 58.3 Å². The lowest BCUT2D eigenvalue weighted by Crippen LogP contribution is -2.59. The van der Waals surface area contributed by atoms with Crippen LogP contribution >= 0.6 is 0 Å². The highest BCUT2D eigenvalue weighted by atomic mass is 32.2. The first-order valence-electron chi connectivity index (χ1n) is 17.7. The average molecular weight is 744 g/mol. The Morgan fingerprint density at radius 3 is 2.28 bits per heavy atom. The molecule has 2 aliphatic heterocycles. The lowest BCUT2D eigenvalue weighted by Gasteiger charge is -2.33. The van der Waals surface area contributed by atoms with Crippen LogP contribution in [0.4, 0.5) is 0 Å². The maximum atomic E-state index is 14.3.